The summed E-state index contributed by atoms with van der Waals surface area (Å²) < 4.78 is 24.4. The molecule has 0 saturated carbocycles. The molecular weight excluding hydrogens is 324 g/mol. The lowest BCUT2D eigenvalue weighted by Gasteiger charge is -2.12. The molecule has 0 spiro atoms. The summed E-state index contributed by atoms with van der Waals surface area (Å²) in [6.07, 6.45) is 0. The predicted molar refractivity (Wildman–Crippen MR) is 86.6 cm³/mol. The van der Waals surface area contributed by atoms with E-state index in [0.29, 0.717) is 10.6 Å². The molecule has 2 aromatic rings. The van der Waals surface area contributed by atoms with Crippen molar-refractivity contribution in [2.24, 2.45) is 0 Å². The number of carboxylic acids is 1. The van der Waals surface area contributed by atoms with Gasteiger partial charge in [-0.25, -0.2) is 8.42 Å². The number of aliphatic carboxylic acids is 1. The van der Waals surface area contributed by atoms with Crippen LogP contribution in [0.15, 0.2) is 48.5 Å². The normalized spacial score (nSPS) is 12.8. The van der Waals surface area contributed by atoms with Crippen molar-refractivity contribution in [2.75, 3.05) is 0 Å². The van der Waals surface area contributed by atoms with E-state index in [0.717, 1.165) is 11.1 Å². The zero-order valence-electron chi connectivity index (χ0n) is 11.9. The summed E-state index contributed by atoms with van der Waals surface area (Å²) in [6.45, 7) is 1.18. The highest BCUT2D eigenvalue weighted by atomic mass is 35.5. The SMILES string of the molecule is CC(C(=O)O)S(=O)(=O)Cc1ccccc1-c1ccc(Cl)cc1. The van der Waals surface area contributed by atoms with Crippen molar-refractivity contribution in [3.05, 3.63) is 59.1 Å². The Morgan fingerprint density at radius 1 is 1.14 bits per heavy atom. The maximum atomic E-state index is 12.2. The lowest BCUT2D eigenvalue weighted by molar-refractivity contribution is -0.136. The minimum absolute atomic E-state index is 0.320. The van der Waals surface area contributed by atoms with E-state index in [2.05, 4.69) is 0 Å². The van der Waals surface area contributed by atoms with Gasteiger partial charge in [-0.15, -0.1) is 0 Å². The molecule has 1 atom stereocenters. The smallest absolute Gasteiger partial charge is 0.321 e. The van der Waals surface area contributed by atoms with Gasteiger partial charge in [0, 0.05) is 5.02 Å². The fourth-order valence-electron chi connectivity index (χ4n) is 2.05. The molecule has 0 heterocycles. The van der Waals surface area contributed by atoms with E-state index in [1.807, 2.05) is 0 Å². The Morgan fingerprint density at radius 2 is 1.73 bits per heavy atom. The molecule has 2 rings (SSSR count). The number of carboxylic acid groups (broad SMARTS) is 1. The van der Waals surface area contributed by atoms with Crippen molar-refractivity contribution in [1.29, 1.82) is 0 Å². The summed E-state index contributed by atoms with van der Waals surface area (Å²) in [4.78, 5) is 10.9. The molecule has 0 saturated heterocycles. The monoisotopic (exact) mass is 338 g/mol. The Balaban J connectivity index is 2.41. The fraction of sp³-hybridized carbons (Fsp3) is 0.188. The minimum Gasteiger partial charge on any atom is -0.480 e. The molecule has 0 aliphatic heterocycles. The standard InChI is InChI=1S/C16H15ClO4S/c1-11(16(18)19)22(20,21)10-13-4-2-3-5-15(13)12-6-8-14(17)9-7-12/h2-9,11H,10H2,1H3,(H,18,19). The zero-order valence-corrected chi connectivity index (χ0v) is 13.4. The van der Waals surface area contributed by atoms with Gasteiger partial charge in [0.15, 0.2) is 15.1 Å². The average molecular weight is 339 g/mol. The predicted octanol–water partition coefficient (Wildman–Crippen LogP) is 3.39. The molecule has 22 heavy (non-hydrogen) atoms. The highest BCUT2D eigenvalue weighted by Crippen LogP contribution is 2.27. The highest BCUT2D eigenvalue weighted by Gasteiger charge is 2.28. The maximum Gasteiger partial charge on any atom is 0.321 e. The zero-order chi connectivity index (χ0) is 16.3. The molecule has 0 amide bonds. The quantitative estimate of drug-likeness (QED) is 0.907. The van der Waals surface area contributed by atoms with Crippen molar-refractivity contribution in [3.63, 3.8) is 0 Å². The fourth-order valence-corrected chi connectivity index (χ4v) is 3.42. The number of rotatable bonds is 5. The molecule has 4 nitrogen and oxygen atoms in total. The van der Waals surface area contributed by atoms with Crippen molar-refractivity contribution in [3.8, 4) is 11.1 Å². The highest BCUT2D eigenvalue weighted by molar-refractivity contribution is 7.92. The Labute approximate surface area is 134 Å². The van der Waals surface area contributed by atoms with Gasteiger partial charge in [0.05, 0.1) is 5.75 Å². The van der Waals surface area contributed by atoms with Gasteiger partial charge in [-0.3, -0.25) is 4.79 Å². The molecule has 1 unspecified atom stereocenters. The Kier molecular flexibility index (Phi) is 4.88. The van der Waals surface area contributed by atoms with E-state index in [4.69, 9.17) is 16.7 Å². The van der Waals surface area contributed by atoms with E-state index < -0.39 is 21.1 Å². The first-order valence-corrected chi connectivity index (χ1v) is 8.69. The molecule has 0 aliphatic carbocycles. The van der Waals surface area contributed by atoms with Gasteiger partial charge in [-0.2, -0.15) is 0 Å². The van der Waals surface area contributed by atoms with Crippen molar-refractivity contribution < 1.29 is 18.3 Å². The third-order valence-corrected chi connectivity index (χ3v) is 5.66. The van der Waals surface area contributed by atoms with Crippen LogP contribution in [0, 0.1) is 0 Å². The number of benzene rings is 2. The first-order valence-electron chi connectivity index (χ1n) is 6.59. The van der Waals surface area contributed by atoms with Crippen LogP contribution >= 0.6 is 11.6 Å². The van der Waals surface area contributed by atoms with Gasteiger partial charge in [0.2, 0.25) is 0 Å². The third kappa shape index (κ3) is 3.67. The lowest BCUT2D eigenvalue weighted by Crippen LogP contribution is -2.28. The summed E-state index contributed by atoms with van der Waals surface area (Å²) in [5, 5.41) is 8.07. The average Bonchev–Trinajstić information content (AvgIpc) is 2.47. The minimum atomic E-state index is -3.78. The van der Waals surface area contributed by atoms with E-state index in [1.165, 1.54) is 6.92 Å². The molecule has 0 bridgehead atoms. The Morgan fingerprint density at radius 3 is 2.32 bits per heavy atom. The maximum absolute atomic E-state index is 12.2. The van der Waals surface area contributed by atoms with Gasteiger partial charge < -0.3 is 5.11 Å². The molecule has 2 aromatic carbocycles. The van der Waals surface area contributed by atoms with Crippen molar-refractivity contribution >= 4 is 27.4 Å². The molecule has 0 radical (unpaired) electrons. The van der Waals surface area contributed by atoms with Crippen LogP contribution in [-0.4, -0.2) is 24.7 Å². The second kappa shape index (κ2) is 6.50. The first-order chi connectivity index (χ1) is 10.3. The Hall–Kier alpha value is -1.85. The number of hydrogen-bond donors (Lipinski definition) is 1. The van der Waals surface area contributed by atoms with E-state index in [1.54, 1.807) is 48.5 Å². The summed E-state index contributed by atoms with van der Waals surface area (Å²) in [7, 11) is -3.78. The molecule has 0 aromatic heterocycles. The van der Waals surface area contributed by atoms with Crippen LogP contribution in [0.25, 0.3) is 11.1 Å². The lowest BCUT2D eigenvalue weighted by atomic mass is 10.0. The molecule has 116 valence electrons. The summed E-state index contributed by atoms with van der Waals surface area (Å²) in [5.41, 5.74) is 2.15. The van der Waals surface area contributed by atoms with Crippen LogP contribution in [0.1, 0.15) is 12.5 Å². The van der Waals surface area contributed by atoms with Crippen LogP contribution in [-0.2, 0) is 20.4 Å². The summed E-state index contributed by atoms with van der Waals surface area (Å²) in [5.74, 6) is -1.66. The van der Waals surface area contributed by atoms with Crippen molar-refractivity contribution in [2.45, 2.75) is 17.9 Å². The molecule has 6 heteroatoms. The Bertz CT molecular complexity index is 782. The van der Waals surface area contributed by atoms with Crippen LogP contribution in [0.5, 0.6) is 0 Å². The van der Waals surface area contributed by atoms with E-state index in [-0.39, 0.29) is 5.75 Å². The second-order valence-electron chi connectivity index (χ2n) is 4.95. The molecule has 0 aliphatic rings. The van der Waals surface area contributed by atoms with Gasteiger partial charge in [-0.1, -0.05) is 48.0 Å². The first kappa shape index (κ1) is 16.5. The number of carbonyl (C=O) groups is 1. The molecule has 1 N–H and O–H groups in total. The van der Waals surface area contributed by atoms with Gasteiger partial charge in [-0.05, 0) is 35.7 Å². The van der Waals surface area contributed by atoms with Crippen LogP contribution in [0.4, 0.5) is 0 Å². The van der Waals surface area contributed by atoms with Crippen LogP contribution < -0.4 is 0 Å². The topological polar surface area (TPSA) is 71.4 Å². The summed E-state index contributed by atoms with van der Waals surface area (Å²) >= 11 is 5.86. The van der Waals surface area contributed by atoms with Crippen LogP contribution in [0.2, 0.25) is 5.02 Å². The number of sulfone groups is 1. The van der Waals surface area contributed by atoms with Crippen LogP contribution in [0.3, 0.4) is 0 Å². The van der Waals surface area contributed by atoms with E-state index >= 15 is 0 Å². The van der Waals surface area contributed by atoms with Crippen molar-refractivity contribution in [1.82, 2.24) is 0 Å². The van der Waals surface area contributed by atoms with Gasteiger partial charge in [0.1, 0.15) is 0 Å². The molecular formula is C16H15ClO4S. The molecule has 0 fully saturated rings. The largest absolute Gasteiger partial charge is 0.480 e. The van der Waals surface area contributed by atoms with Gasteiger partial charge >= 0.3 is 5.97 Å². The number of hydrogen-bond acceptors (Lipinski definition) is 3. The third-order valence-electron chi connectivity index (χ3n) is 3.42. The summed E-state index contributed by atoms with van der Waals surface area (Å²) in [6, 6.07) is 14.1. The second-order valence-corrected chi connectivity index (χ2v) is 7.71. The number of halogens is 1. The van der Waals surface area contributed by atoms with E-state index in [9.17, 15) is 13.2 Å². The van der Waals surface area contributed by atoms with Gasteiger partial charge in [0.25, 0.3) is 0 Å².